The first-order valence-electron chi connectivity index (χ1n) is 17.6. The highest BCUT2D eigenvalue weighted by Crippen LogP contribution is 2.30. The van der Waals surface area contributed by atoms with Gasteiger partial charge in [-0.15, -0.1) is 0 Å². The van der Waals surface area contributed by atoms with Crippen molar-refractivity contribution in [1.29, 1.82) is 0 Å². The lowest BCUT2D eigenvalue weighted by atomic mass is 10.0. The highest BCUT2D eigenvalue weighted by Gasteiger charge is 2.39. The highest BCUT2D eigenvalue weighted by molar-refractivity contribution is 6.08. The number of nitrogens with zero attached hydrogens (tertiary/aromatic N) is 6. The van der Waals surface area contributed by atoms with E-state index < -0.39 is 11.9 Å². The molecule has 5 amide bonds. The molecule has 2 N–H and O–H groups in total. The summed E-state index contributed by atoms with van der Waals surface area (Å²) in [5, 5.41) is 5.19. The second-order valence-corrected chi connectivity index (χ2v) is 13.2. The Bertz CT molecular complexity index is 2170. The van der Waals surface area contributed by atoms with Gasteiger partial charge >= 0.3 is 0 Å². The lowest BCUT2D eigenvalue weighted by molar-refractivity contribution is -0.137. The summed E-state index contributed by atoms with van der Waals surface area (Å²) in [6.45, 7) is 5.68. The normalized spacial score (nSPS) is 16.8. The van der Waals surface area contributed by atoms with Crippen LogP contribution >= 0.6 is 0 Å². The topological polar surface area (TPSA) is 177 Å². The van der Waals surface area contributed by atoms with Crippen LogP contribution in [-0.4, -0.2) is 83.8 Å². The van der Waals surface area contributed by atoms with Gasteiger partial charge in [0.15, 0.2) is 0 Å². The average Bonchev–Trinajstić information content (AvgIpc) is 3.71. The monoisotopic (exact) mass is 714 g/mol. The molecule has 3 aliphatic rings. The van der Waals surface area contributed by atoms with Gasteiger partial charge in [0, 0.05) is 75.0 Å². The summed E-state index contributed by atoms with van der Waals surface area (Å²) < 4.78 is 2.04. The van der Waals surface area contributed by atoms with E-state index in [1.807, 2.05) is 29.7 Å². The number of hydrogen-bond donors (Lipinski definition) is 2. The van der Waals surface area contributed by atoms with Crippen LogP contribution in [0.15, 0.2) is 60.9 Å². The van der Waals surface area contributed by atoms with E-state index >= 15 is 0 Å². The molecule has 3 aromatic heterocycles. The van der Waals surface area contributed by atoms with E-state index in [1.54, 1.807) is 47.5 Å². The van der Waals surface area contributed by atoms with Crippen LogP contribution in [0.1, 0.15) is 92.7 Å². The van der Waals surface area contributed by atoms with Crippen LogP contribution in [0, 0.1) is 0 Å². The second kappa shape index (κ2) is 14.7. The standard InChI is InChI=1S/C39H38N8O6/c1-3-33-43-35(32-22-45(23(2)48)17-18-46(32)33)36(50)26-11-12-29(41-20-26)25-10-13-30(42-19-25)37(51)40-16-5-4-7-24-8-6-9-27-28(24)21-47(39(27)53)31-14-15-34(49)44-38(31)52/h4,6-13,19-20,31H,3,5,14-18,21-22H2,1-2H3,(H,40,51)(H,44,49,52)/b7-4+. The van der Waals surface area contributed by atoms with Crippen LogP contribution < -0.4 is 10.6 Å². The lowest BCUT2D eigenvalue weighted by Gasteiger charge is -2.29. The fourth-order valence-corrected chi connectivity index (χ4v) is 7.01. The summed E-state index contributed by atoms with van der Waals surface area (Å²) in [5.41, 5.74) is 5.20. The molecular formula is C39H38N8O6. The number of carbonyl (C=O) groups is 6. The van der Waals surface area contributed by atoms with Crippen molar-refractivity contribution >= 4 is 41.4 Å². The Labute approximate surface area is 305 Å². The van der Waals surface area contributed by atoms with Crippen molar-refractivity contribution in [3.05, 3.63) is 106 Å². The quantitative estimate of drug-likeness (QED) is 0.142. The summed E-state index contributed by atoms with van der Waals surface area (Å²) >= 11 is 0. The first kappa shape index (κ1) is 35.1. The van der Waals surface area contributed by atoms with E-state index in [4.69, 9.17) is 0 Å². The molecule has 14 nitrogen and oxygen atoms in total. The number of aryl methyl sites for hydroxylation is 1. The summed E-state index contributed by atoms with van der Waals surface area (Å²) in [4.78, 5) is 92.1. The van der Waals surface area contributed by atoms with Gasteiger partial charge in [0.25, 0.3) is 11.8 Å². The Kier molecular flexibility index (Phi) is 9.76. The molecule has 0 aliphatic carbocycles. The molecule has 6 heterocycles. The molecule has 1 atom stereocenters. The van der Waals surface area contributed by atoms with Crippen LogP contribution in [0.3, 0.4) is 0 Å². The van der Waals surface area contributed by atoms with Gasteiger partial charge in [0.1, 0.15) is 23.3 Å². The zero-order chi connectivity index (χ0) is 37.2. The summed E-state index contributed by atoms with van der Waals surface area (Å²) in [7, 11) is 0. The molecule has 1 unspecified atom stereocenters. The number of piperidine rings is 1. The van der Waals surface area contributed by atoms with Crippen molar-refractivity contribution in [2.45, 2.75) is 65.2 Å². The van der Waals surface area contributed by atoms with E-state index in [-0.39, 0.29) is 48.1 Å². The molecule has 14 heteroatoms. The number of fused-ring (bicyclic) bond motifs is 2. The lowest BCUT2D eigenvalue weighted by Crippen LogP contribution is -2.52. The maximum Gasteiger partial charge on any atom is 0.269 e. The third-order valence-electron chi connectivity index (χ3n) is 9.89. The molecular weight excluding hydrogens is 676 g/mol. The fourth-order valence-electron chi connectivity index (χ4n) is 7.01. The molecule has 4 aromatic rings. The number of hydrogen-bond acceptors (Lipinski definition) is 9. The van der Waals surface area contributed by atoms with Crippen LogP contribution in [0.2, 0.25) is 0 Å². The minimum absolute atomic E-state index is 0.0416. The molecule has 0 bridgehead atoms. The number of aromatic nitrogens is 4. The predicted molar refractivity (Wildman–Crippen MR) is 192 cm³/mol. The Hall–Kier alpha value is -6.31. The number of imidazole rings is 1. The van der Waals surface area contributed by atoms with Crippen molar-refractivity contribution < 1.29 is 28.8 Å². The van der Waals surface area contributed by atoms with Gasteiger partial charge < -0.3 is 19.7 Å². The molecule has 53 heavy (non-hydrogen) atoms. The van der Waals surface area contributed by atoms with Crippen LogP contribution in [-0.2, 0) is 40.4 Å². The molecule has 1 aromatic carbocycles. The number of nitrogens with one attached hydrogen (secondary N) is 2. The summed E-state index contributed by atoms with van der Waals surface area (Å²) in [6.07, 6.45) is 8.58. The van der Waals surface area contributed by atoms with Crippen LogP contribution in [0.25, 0.3) is 17.3 Å². The van der Waals surface area contributed by atoms with Crippen molar-refractivity contribution in [3.8, 4) is 11.3 Å². The molecule has 0 radical (unpaired) electrons. The molecule has 3 aliphatic heterocycles. The van der Waals surface area contributed by atoms with E-state index in [9.17, 15) is 28.8 Å². The SMILES string of the molecule is CCc1nc(C(=O)c2ccc(-c3ccc(C(=O)NCC/C=C/c4cccc5c4CN(C4CCC(=O)NC4=O)C5=O)nc3)nc2)c2n1CCN(C(C)=O)C2. The molecule has 0 spiro atoms. The maximum atomic E-state index is 13.5. The first-order valence-corrected chi connectivity index (χ1v) is 17.6. The first-order chi connectivity index (χ1) is 25.6. The Balaban J connectivity index is 0.930. The van der Waals surface area contributed by atoms with E-state index in [0.717, 1.165) is 22.6 Å². The third-order valence-corrected chi connectivity index (χ3v) is 9.89. The van der Waals surface area contributed by atoms with E-state index in [0.29, 0.717) is 73.5 Å². The van der Waals surface area contributed by atoms with Crippen molar-refractivity contribution in [3.63, 3.8) is 0 Å². The van der Waals surface area contributed by atoms with Crippen molar-refractivity contribution in [1.82, 2.24) is 40.0 Å². The molecule has 1 fully saturated rings. The second-order valence-electron chi connectivity index (χ2n) is 13.2. The number of imide groups is 1. The number of amides is 5. The average molecular weight is 715 g/mol. The van der Waals surface area contributed by atoms with Crippen LogP contribution in [0.4, 0.5) is 0 Å². The maximum absolute atomic E-state index is 13.5. The number of carbonyl (C=O) groups excluding carboxylic acids is 6. The molecule has 1 saturated heterocycles. The Morgan fingerprint density at radius 2 is 1.85 bits per heavy atom. The smallest absolute Gasteiger partial charge is 0.269 e. The van der Waals surface area contributed by atoms with Gasteiger partial charge in [0.05, 0.1) is 17.9 Å². The van der Waals surface area contributed by atoms with Gasteiger partial charge in [0.2, 0.25) is 23.5 Å². The minimum atomic E-state index is -0.675. The van der Waals surface area contributed by atoms with Gasteiger partial charge in [-0.3, -0.25) is 44.1 Å². The van der Waals surface area contributed by atoms with E-state index in [2.05, 4.69) is 25.6 Å². The highest BCUT2D eigenvalue weighted by atomic mass is 16.2. The summed E-state index contributed by atoms with van der Waals surface area (Å²) in [5.74, 6) is -0.803. The molecule has 270 valence electrons. The zero-order valence-corrected chi connectivity index (χ0v) is 29.4. The minimum Gasteiger partial charge on any atom is -0.350 e. The van der Waals surface area contributed by atoms with E-state index in [1.165, 1.54) is 18.0 Å². The largest absolute Gasteiger partial charge is 0.350 e. The van der Waals surface area contributed by atoms with Gasteiger partial charge in [-0.1, -0.05) is 31.2 Å². The third kappa shape index (κ3) is 6.99. The number of benzene rings is 1. The van der Waals surface area contributed by atoms with Gasteiger partial charge in [-0.25, -0.2) is 4.98 Å². The summed E-state index contributed by atoms with van der Waals surface area (Å²) in [6, 6.07) is 11.5. The zero-order valence-electron chi connectivity index (χ0n) is 29.4. The molecule has 0 saturated carbocycles. The van der Waals surface area contributed by atoms with Crippen molar-refractivity contribution in [2.75, 3.05) is 13.1 Å². The van der Waals surface area contributed by atoms with Crippen LogP contribution in [0.5, 0.6) is 0 Å². The molecule has 7 rings (SSSR count). The van der Waals surface area contributed by atoms with Gasteiger partial charge in [-0.2, -0.15) is 0 Å². The van der Waals surface area contributed by atoms with Gasteiger partial charge in [-0.05, 0) is 54.3 Å². The number of pyridine rings is 2. The fraction of sp³-hybridized carbons (Fsp3) is 0.308. The number of rotatable bonds is 10. The van der Waals surface area contributed by atoms with Crippen molar-refractivity contribution in [2.24, 2.45) is 0 Å². The number of ketones is 1. The Morgan fingerprint density at radius 1 is 1.00 bits per heavy atom. The predicted octanol–water partition coefficient (Wildman–Crippen LogP) is 3.09. The Morgan fingerprint density at radius 3 is 2.57 bits per heavy atom.